The molecule has 15 heteroatoms. The number of unbranched alkanes of at least 4 members (excludes halogenated alkanes) is 2. The first-order valence-electron chi connectivity index (χ1n) is 19.9. The Hall–Kier alpha value is -5.75. The molecule has 0 spiro atoms. The standard InChI is InChI=1S/C43H64N6O9/c1-3-5-7-8-9-10-11-12-13-14-15-16-17-18-19-20-21-22-23-28-37(50)49-36(43(57)45-30-25-6-4-2)27-24-26-29-44-38(51)31-46-39(52)32-47-40(53)33-48-41(54)34-58-35-42(55)56/h2,5,7,9-10,12-13,15-16,18-19,21-22,36H,3,6,8,11,14,17,20,23-35H2,1H3,(H,44,51)(H,45,57)(H,46,52)(H,47,53)(H,48,54)(H,49,50)(H,55,56)/b7-5-,10-9-,13-12-,16-15-,19-18-,22-21-/t36-/m0/s1. The van der Waals surface area contributed by atoms with Crippen LogP contribution in [0.25, 0.3) is 0 Å². The van der Waals surface area contributed by atoms with Crippen LogP contribution in [0.1, 0.15) is 90.4 Å². The largest absolute Gasteiger partial charge is 0.480 e. The molecule has 0 aliphatic carbocycles. The van der Waals surface area contributed by atoms with Gasteiger partial charge in [0, 0.05) is 25.9 Å². The van der Waals surface area contributed by atoms with E-state index in [0.29, 0.717) is 45.1 Å². The van der Waals surface area contributed by atoms with Crippen LogP contribution in [0.2, 0.25) is 0 Å². The van der Waals surface area contributed by atoms with Crippen molar-refractivity contribution in [1.29, 1.82) is 0 Å². The summed E-state index contributed by atoms with van der Waals surface area (Å²) in [5.74, 6) is -1.73. The number of carboxylic acids is 1. The molecule has 0 fully saturated rings. The number of hydrogen-bond donors (Lipinski definition) is 7. The van der Waals surface area contributed by atoms with E-state index in [1.807, 2.05) is 12.2 Å². The SMILES string of the molecule is C#CCCCNC(=O)[C@H](CCCCNC(=O)CNC(=O)CNC(=O)CNC(=O)COCC(=O)O)NC(=O)CC/C=C\C/C=C\C/C=C\C/C=C\C/C=C\C/C=C\CC. The summed E-state index contributed by atoms with van der Waals surface area (Å²) < 4.78 is 4.59. The molecule has 0 aromatic rings. The van der Waals surface area contributed by atoms with Crippen molar-refractivity contribution >= 4 is 41.4 Å². The third-order valence-corrected chi connectivity index (χ3v) is 7.62. The van der Waals surface area contributed by atoms with Gasteiger partial charge in [-0.1, -0.05) is 79.8 Å². The molecular formula is C43H64N6O9. The fourth-order valence-electron chi connectivity index (χ4n) is 4.62. The smallest absolute Gasteiger partial charge is 0.329 e. The average molecular weight is 809 g/mol. The molecule has 0 aliphatic rings. The lowest BCUT2D eigenvalue weighted by Crippen LogP contribution is -2.47. The quantitative estimate of drug-likeness (QED) is 0.0288. The van der Waals surface area contributed by atoms with Gasteiger partial charge in [0.2, 0.25) is 35.4 Å². The van der Waals surface area contributed by atoms with Crippen molar-refractivity contribution < 1.29 is 43.4 Å². The highest BCUT2D eigenvalue weighted by Crippen LogP contribution is 2.04. The third-order valence-electron chi connectivity index (χ3n) is 7.62. The number of nitrogens with one attached hydrogen (secondary N) is 6. The summed E-state index contributed by atoms with van der Waals surface area (Å²) in [7, 11) is 0. The van der Waals surface area contributed by atoms with E-state index >= 15 is 0 Å². The van der Waals surface area contributed by atoms with Gasteiger partial charge in [-0.25, -0.2) is 4.79 Å². The summed E-state index contributed by atoms with van der Waals surface area (Å²) in [4.78, 5) is 83.3. The number of carbonyl (C=O) groups is 7. The fourth-order valence-corrected chi connectivity index (χ4v) is 4.62. The molecule has 0 unspecified atom stereocenters. The van der Waals surface area contributed by atoms with Crippen LogP contribution in [0, 0.1) is 12.3 Å². The normalized spacial score (nSPS) is 12.0. The van der Waals surface area contributed by atoms with Gasteiger partial charge >= 0.3 is 5.97 Å². The van der Waals surface area contributed by atoms with E-state index in [2.05, 4.69) is 110 Å². The molecule has 7 N–H and O–H groups in total. The first-order chi connectivity index (χ1) is 28.1. The number of allylic oxidation sites excluding steroid dienone is 12. The Morgan fingerprint density at radius 3 is 1.59 bits per heavy atom. The minimum atomic E-state index is -1.24. The van der Waals surface area contributed by atoms with Crippen molar-refractivity contribution in [3.05, 3.63) is 72.9 Å². The van der Waals surface area contributed by atoms with Gasteiger partial charge in [0.05, 0.1) is 19.6 Å². The topological polar surface area (TPSA) is 221 Å². The molecule has 15 nitrogen and oxygen atoms in total. The van der Waals surface area contributed by atoms with Crippen molar-refractivity contribution in [3.8, 4) is 12.3 Å². The maximum atomic E-state index is 12.8. The van der Waals surface area contributed by atoms with Crippen LogP contribution in [-0.4, -0.2) is 98.5 Å². The van der Waals surface area contributed by atoms with Gasteiger partial charge in [-0.05, 0) is 70.6 Å². The number of hydrogen-bond acceptors (Lipinski definition) is 8. The van der Waals surface area contributed by atoms with E-state index < -0.39 is 61.9 Å². The molecule has 0 aliphatic heterocycles. The van der Waals surface area contributed by atoms with E-state index in [9.17, 15) is 33.6 Å². The van der Waals surface area contributed by atoms with Crippen molar-refractivity contribution in [3.63, 3.8) is 0 Å². The summed E-state index contributed by atoms with van der Waals surface area (Å²) in [6.45, 7) is 0.375. The molecule has 0 aromatic carbocycles. The summed E-state index contributed by atoms with van der Waals surface area (Å²) in [6, 6.07) is -0.743. The first-order valence-corrected chi connectivity index (χ1v) is 19.9. The molecule has 0 aromatic heterocycles. The second-order valence-electron chi connectivity index (χ2n) is 12.7. The highest BCUT2D eigenvalue weighted by Gasteiger charge is 2.20. The van der Waals surface area contributed by atoms with Crippen molar-refractivity contribution in [2.45, 2.75) is 96.4 Å². The zero-order chi connectivity index (χ0) is 42.9. The number of carboxylic acid groups (broad SMARTS) is 1. The maximum Gasteiger partial charge on any atom is 0.329 e. The van der Waals surface area contributed by atoms with E-state index in [4.69, 9.17) is 11.5 Å². The molecule has 0 rings (SSSR count). The number of aliphatic carboxylic acids is 1. The predicted octanol–water partition coefficient (Wildman–Crippen LogP) is 3.22. The molecule has 0 radical (unpaired) electrons. The van der Waals surface area contributed by atoms with E-state index in [1.54, 1.807) is 0 Å². The molecule has 0 saturated carbocycles. The van der Waals surface area contributed by atoms with E-state index in [1.165, 1.54) is 0 Å². The molecule has 320 valence electrons. The Morgan fingerprint density at radius 2 is 1.07 bits per heavy atom. The lowest BCUT2D eigenvalue weighted by molar-refractivity contribution is -0.144. The van der Waals surface area contributed by atoms with E-state index in [0.717, 1.165) is 38.5 Å². The highest BCUT2D eigenvalue weighted by molar-refractivity contribution is 5.90. The number of rotatable bonds is 34. The zero-order valence-electron chi connectivity index (χ0n) is 33.9. The van der Waals surface area contributed by atoms with Crippen molar-refractivity contribution in [1.82, 2.24) is 31.9 Å². The van der Waals surface area contributed by atoms with Gasteiger partial charge < -0.3 is 41.7 Å². The lowest BCUT2D eigenvalue weighted by atomic mass is 10.1. The summed E-state index contributed by atoms with van der Waals surface area (Å²) in [5.41, 5.74) is 0. The number of amides is 6. The van der Waals surface area contributed by atoms with Crippen molar-refractivity contribution in [2.24, 2.45) is 0 Å². The number of ether oxygens (including phenoxy) is 1. The van der Waals surface area contributed by atoms with Crippen LogP contribution in [0.5, 0.6) is 0 Å². The Morgan fingerprint density at radius 1 is 0.586 bits per heavy atom. The van der Waals surface area contributed by atoms with Crippen molar-refractivity contribution in [2.75, 3.05) is 45.9 Å². The van der Waals surface area contributed by atoms with Crippen LogP contribution >= 0.6 is 0 Å². The number of carbonyl (C=O) groups excluding carboxylic acids is 6. The molecule has 0 heterocycles. The highest BCUT2D eigenvalue weighted by atomic mass is 16.5. The summed E-state index contributed by atoms with van der Waals surface area (Å²) >= 11 is 0. The first kappa shape index (κ1) is 52.2. The van der Waals surface area contributed by atoms with Crippen LogP contribution in [0.3, 0.4) is 0 Å². The Bertz CT molecular complexity index is 1460. The molecule has 0 saturated heterocycles. The van der Waals surface area contributed by atoms with Gasteiger partial charge in [0.1, 0.15) is 19.3 Å². The lowest BCUT2D eigenvalue weighted by Gasteiger charge is -2.18. The molecule has 0 bridgehead atoms. The third kappa shape index (κ3) is 35.9. The van der Waals surface area contributed by atoms with Gasteiger partial charge in [0.25, 0.3) is 0 Å². The minimum Gasteiger partial charge on any atom is -0.480 e. The van der Waals surface area contributed by atoms with Gasteiger partial charge in [-0.15, -0.1) is 12.3 Å². The summed E-state index contributed by atoms with van der Waals surface area (Å²) in [6.07, 6.45) is 39.6. The Balaban J connectivity index is 4.38. The number of terminal acetylenes is 1. The molecule has 58 heavy (non-hydrogen) atoms. The van der Waals surface area contributed by atoms with Gasteiger partial charge in [-0.3, -0.25) is 28.8 Å². The second-order valence-corrected chi connectivity index (χ2v) is 12.7. The van der Waals surface area contributed by atoms with Crippen LogP contribution in [0.4, 0.5) is 0 Å². The minimum absolute atomic E-state index is 0.233. The molecule has 6 amide bonds. The van der Waals surface area contributed by atoms with Crippen LogP contribution in [-0.2, 0) is 38.3 Å². The Labute approximate surface area is 343 Å². The molecule has 1 atom stereocenters. The predicted molar refractivity (Wildman–Crippen MR) is 225 cm³/mol. The van der Waals surface area contributed by atoms with Gasteiger partial charge in [-0.2, -0.15) is 0 Å². The van der Waals surface area contributed by atoms with Crippen LogP contribution in [0.15, 0.2) is 72.9 Å². The van der Waals surface area contributed by atoms with E-state index in [-0.39, 0.29) is 31.3 Å². The second kappa shape index (κ2) is 38.1. The summed E-state index contributed by atoms with van der Waals surface area (Å²) in [5, 5.41) is 23.6. The Kier molecular flexibility index (Phi) is 34.4. The average Bonchev–Trinajstić information content (AvgIpc) is 3.20. The van der Waals surface area contributed by atoms with Crippen LogP contribution < -0.4 is 31.9 Å². The zero-order valence-corrected chi connectivity index (χ0v) is 33.9. The monoisotopic (exact) mass is 808 g/mol. The maximum absolute atomic E-state index is 12.8. The fraction of sp³-hybridized carbons (Fsp3) is 0.512. The molecular weight excluding hydrogens is 745 g/mol. The van der Waals surface area contributed by atoms with Gasteiger partial charge in [0.15, 0.2) is 0 Å².